The van der Waals surface area contributed by atoms with Crippen LogP contribution in [0.4, 0.5) is 0 Å². The molecular weight excluding hydrogens is 272 g/mol. The highest BCUT2D eigenvalue weighted by molar-refractivity contribution is 4.49. The van der Waals surface area contributed by atoms with E-state index in [1.165, 1.54) is 19.3 Å². The maximum Gasteiger partial charge on any atom is 0.0514 e. The van der Waals surface area contributed by atoms with E-state index in [2.05, 4.69) is 48.5 Å². The number of aliphatic hydroxyl groups excluding tert-OH is 2. The van der Waals surface area contributed by atoms with Crippen molar-refractivity contribution in [2.45, 2.75) is 107 Å². The molecule has 22 heavy (non-hydrogen) atoms. The summed E-state index contributed by atoms with van der Waals surface area (Å²) in [5.41, 5.74) is 0. The van der Waals surface area contributed by atoms with Gasteiger partial charge in [-0.2, -0.15) is 0 Å². The van der Waals surface area contributed by atoms with Gasteiger partial charge in [0.1, 0.15) is 0 Å². The van der Waals surface area contributed by atoms with E-state index in [0.717, 1.165) is 18.8 Å². The van der Waals surface area contributed by atoms with Gasteiger partial charge in [-0.3, -0.25) is 0 Å². The summed E-state index contributed by atoms with van der Waals surface area (Å²) in [5.74, 6) is 2.18. The fourth-order valence-electron chi connectivity index (χ4n) is 1.55. The van der Waals surface area contributed by atoms with E-state index in [1.807, 2.05) is 20.8 Å². The second-order valence-corrected chi connectivity index (χ2v) is 6.92. The summed E-state index contributed by atoms with van der Waals surface area (Å²) in [4.78, 5) is 0. The molecule has 0 fully saturated rings. The molecule has 0 aromatic carbocycles. The average molecular weight is 321 g/mol. The van der Waals surface area contributed by atoms with Gasteiger partial charge >= 0.3 is 0 Å². The molecule has 0 aliphatic heterocycles. The lowest BCUT2D eigenvalue weighted by Crippen LogP contribution is -2.03. The van der Waals surface area contributed by atoms with E-state index in [4.69, 9.17) is 10.2 Å². The molecule has 2 heteroatoms. The molecule has 0 unspecified atom stereocenters. The second kappa shape index (κ2) is 25.9. The molecule has 0 aromatic heterocycles. The summed E-state index contributed by atoms with van der Waals surface area (Å²) < 4.78 is 0. The predicted octanol–water partition coefficient (Wildman–Crippen LogP) is 6.30. The van der Waals surface area contributed by atoms with Gasteiger partial charge in [0.2, 0.25) is 0 Å². The van der Waals surface area contributed by atoms with Crippen LogP contribution in [-0.4, -0.2) is 22.9 Å². The van der Waals surface area contributed by atoms with E-state index < -0.39 is 0 Å². The van der Waals surface area contributed by atoms with Crippen LogP contribution in [0.15, 0.2) is 0 Å². The van der Waals surface area contributed by atoms with E-state index in [-0.39, 0.29) is 6.10 Å². The monoisotopic (exact) mass is 320 g/mol. The number of unbranched alkanes of at least 4 members (excludes halogenated alkanes) is 1. The van der Waals surface area contributed by atoms with Crippen LogP contribution in [0.2, 0.25) is 0 Å². The Morgan fingerprint density at radius 1 is 0.727 bits per heavy atom. The van der Waals surface area contributed by atoms with E-state index in [1.54, 1.807) is 0 Å². The molecule has 0 aliphatic carbocycles. The molecular formula is C20H48O2. The SMILES string of the molecule is CC.CC(C)CCO.CC(C)C[C@H](C)O.CCCCC(C)C. The normalized spacial score (nSPS) is 11.0. The summed E-state index contributed by atoms with van der Waals surface area (Å²) in [5, 5.41) is 17.0. The third-order valence-corrected chi connectivity index (χ3v) is 2.65. The lowest BCUT2D eigenvalue weighted by atomic mass is 10.1. The zero-order valence-electron chi connectivity index (χ0n) is 17.4. The predicted molar refractivity (Wildman–Crippen MR) is 103 cm³/mol. The van der Waals surface area contributed by atoms with Crippen molar-refractivity contribution in [3.63, 3.8) is 0 Å². The minimum absolute atomic E-state index is 0.125. The minimum atomic E-state index is -0.125. The Bertz CT molecular complexity index is 146. The van der Waals surface area contributed by atoms with Gasteiger partial charge in [-0.05, 0) is 37.5 Å². The zero-order valence-corrected chi connectivity index (χ0v) is 17.4. The quantitative estimate of drug-likeness (QED) is 0.578. The second-order valence-electron chi connectivity index (χ2n) is 6.92. The Hall–Kier alpha value is -0.0800. The van der Waals surface area contributed by atoms with Crippen LogP contribution < -0.4 is 0 Å². The van der Waals surface area contributed by atoms with Crippen LogP contribution in [0.3, 0.4) is 0 Å². The lowest BCUT2D eigenvalue weighted by molar-refractivity contribution is 0.168. The Labute approximate surface area is 142 Å². The van der Waals surface area contributed by atoms with Gasteiger partial charge in [-0.25, -0.2) is 0 Å². The van der Waals surface area contributed by atoms with Crippen LogP contribution in [0.5, 0.6) is 0 Å². The van der Waals surface area contributed by atoms with Crippen molar-refractivity contribution in [1.82, 2.24) is 0 Å². The smallest absolute Gasteiger partial charge is 0.0514 e. The Morgan fingerprint density at radius 2 is 1.14 bits per heavy atom. The Kier molecular flexibility index (Phi) is 35.1. The van der Waals surface area contributed by atoms with Gasteiger partial charge in [0.15, 0.2) is 0 Å². The molecule has 0 aliphatic rings. The van der Waals surface area contributed by atoms with Gasteiger partial charge in [0.25, 0.3) is 0 Å². The standard InChI is InChI=1S/C7H16.C6H14O.C5H12O.C2H6/c1-4-5-6-7(2)3;1-5(2)4-6(3)7;1-5(2)3-4-6;1-2/h7H,4-6H2,1-3H3;5-7H,4H2,1-3H3;5-6H,3-4H2,1-2H3;1-2H3/t;6-;;/m.0../s1. The molecule has 2 nitrogen and oxygen atoms in total. The first-order valence-corrected chi connectivity index (χ1v) is 9.46. The minimum Gasteiger partial charge on any atom is -0.396 e. The molecule has 0 rings (SSSR count). The first-order chi connectivity index (χ1) is 10.2. The molecule has 0 aromatic rings. The molecule has 1 atom stereocenters. The van der Waals surface area contributed by atoms with Gasteiger partial charge in [0, 0.05) is 6.61 Å². The van der Waals surface area contributed by atoms with Gasteiger partial charge < -0.3 is 10.2 Å². The molecule has 0 saturated carbocycles. The van der Waals surface area contributed by atoms with E-state index in [0.29, 0.717) is 18.4 Å². The van der Waals surface area contributed by atoms with Crippen LogP contribution in [0.1, 0.15) is 101 Å². The Morgan fingerprint density at radius 3 is 1.18 bits per heavy atom. The maximum atomic E-state index is 8.72. The number of aliphatic hydroxyl groups is 2. The lowest BCUT2D eigenvalue weighted by Gasteiger charge is -2.04. The van der Waals surface area contributed by atoms with E-state index >= 15 is 0 Å². The summed E-state index contributed by atoms with van der Waals surface area (Å²) in [6.45, 7) is 21.3. The Balaban J connectivity index is -0.000000105. The molecule has 0 saturated heterocycles. The van der Waals surface area contributed by atoms with Crippen LogP contribution in [0, 0.1) is 17.8 Å². The van der Waals surface area contributed by atoms with Crippen molar-refractivity contribution in [3.8, 4) is 0 Å². The summed E-state index contributed by atoms with van der Waals surface area (Å²) in [7, 11) is 0. The van der Waals surface area contributed by atoms with Crippen molar-refractivity contribution < 1.29 is 10.2 Å². The van der Waals surface area contributed by atoms with Gasteiger partial charge in [0.05, 0.1) is 6.10 Å². The van der Waals surface area contributed by atoms with Crippen LogP contribution in [0.25, 0.3) is 0 Å². The maximum absolute atomic E-state index is 8.72. The molecule has 2 N–H and O–H groups in total. The van der Waals surface area contributed by atoms with Crippen molar-refractivity contribution in [1.29, 1.82) is 0 Å². The highest BCUT2D eigenvalue weighted by atomic mass is 16.3. The third-order valence-electron chi connectivity index (χ3n) is 2.65. The number of hydrogen-bond donors (Lipinski definition) is 2. The summed E-state index contributed by atoms with van der Waals surface area (Å²) in [6, 6.07) is 0. The largest absolute Gasteiger partial charge is 0.396 e. The van der Waals surface area contributed by atoms with Crippen molar-refractivity contribution in [3.05, 3.63) is 0 Å². The van der Waals surface area contributed by atoms with Gasteiger partial charge in [-0.15, -0.1) is 0 Å². The molecule has 0 bridgehead atoms. The first-order valence-electron chi connectivity index (χ1n) is 9.46. The fourth-order valence-corrected chi connectivity index (χ4v) is 1.55. The zero-order chi connectivity index (χ0) is 18.6. The molecule has 0 radical (unpaired) electrons. The fraction of sp³-hybridized carbons (Fsp3) is 1.00. The van der Waals surface area contributed by atoms with Crippen molar-refractivity contribution in [2.75, 3.05) is 6.61 Å². The number of rotatable bonds is 7. The van der Waals surface area contributed by atoms with Crippen LogP contribution in [-0.2, 0) is 0 Å². The average Bonchev–Trinajstić information content (AvgIpc) is 2.38. The summed E-state index contributed by atoms with van der Waals surface area (Å²) >= 11 is 0. The summed E-state index contributed by atoms with van der Waals surface area (Å²) in [6.07, 6.45) is 5.87. The van der Waals surface area contributed by atoms with E-state index in [9.17, 15) is 0 Å². The third kappa shape index (κ3) is 59.8. The highest BCUT2D eigenvalue weighted by Crippen LogP contribution is 2.04. The molecule has 0 spiro atoms. The van der Waals surface area contributed by atoms with Crippen molar-refractivity contribution >= 4 is 0 Å². The first kappa shape index (κ1) is 29.9. The number of hydrogen-bond acceptors (Lipinski definition) is 2. The topological polar surface area (TPSA) is 40.5 Å². The highest BCUT2D eigenvalue weighted by Gasteiger charge is 1.97. The molecule has 140 valence electrons. The van der Waals surface area contributed by atoms with Crippen LogP contribution >= 0.6 is 0 Å². The van der Waals surface area contributed by atoms with Gasteiger partial charge in [-0.1, -0.05) is 81.6 Å². The van der Waals surface area contributed by atoms with Crippen molar-refractivity contribution in [2.24, 2.45) is 17.8 Å². The molecule has 0 heterocycles. The molecule has 0 amide bonds.